The molecule has 3 N–H and O–H groups in total. The molecule has 108 valence electrons. The molecule has 0 heterocycles. The number of carbonyl (C=O) groups excluding carboxylic acids is 1. The monoisotopic (exact) mass is 369 g/mol. The average Bonchev–Trinajstić information content (AvgIpc) is 2.37. The summed E-state index contributed by atoms with van der Waals surface area (Å²) in [7, 11) is 0. The summed E-state index contributed by atoms with van der Waals surface area (Å²) in [5.74, 6) is -0.426. The minimum Gasteiger partial charge on any atom is -0.398 e. The summed E-state index contributed by atoms with van der Waals surface area (Å²) >= 11 is 9.03. The Labute approximate surface area is 133 Å². The van der Waals surface area contributed by atoms with Crippen LogP contribution < -0.4 is 11.1 Å². The quantitative estimate of drug-likeness (QED) is 0.487. The lowest BCUT2D eigenvalue weighted by Crippen LogP contribution is -2.14. The van der Waals surface area contributed by atoms with Crippen molar-refractivity contribution in [1.82, 2.24) is 0 Å². The van der Waals surface area contributed by atoms with Crippen molar-refractivity contribution in [2.45, 2.75) is 0 Å². The van der Waals surface area contributed by atoms with Gasteiger partial charge in [-0.2, -0.15) is 0 Å². The van der Waals surface area contributed by atoms with Crippen molar-refractivity contribution in [1.29, 1.82) is 0 Å². The van der Waals surface area contributed by atoms with Crippen LogP contribution in [0, 0.1) is 10.1 Å². The van der Waals surface area contributed by atoms with Gasteiger partial charge in [-0.1, -0.05) is 27.5 Å². The molecule has 6 nitrogen and oxygen atoms in total. The number of carbonyl (C=O) groups is 1. The van der Waals surface area contributed by atoms with Crippen LogP contribution in [0.15, 0.2) is 40.9 Å². The summed E-state index contributed by atoms with van der Waals surface area (Å²) < 4.78 is 0.759. The highest BCUT2D eigenvalue weighted by atomic mass is 79.9. The predicted octanol–water partition coefficient (Wildman–Crippen LogP) is 3.85. The third kappa shape index (κ3) is 3.50. The minimum atomic E-state index is -0.597. The zero-order valence-corrected chi connectivity index (χ0v) is 12.8. The zero-order chi connectivity index (χ0) is 15.6. The largest absolute Gasteiger partial charge is 0.398 e. The second-order valence-electron chi connectivity index (χ2n) is 4.11. The molecule has 0 atom stereocenters. The van der Waals surface area contributed by atoms with Crippen molar-refractivity contribution in [2.75, 3.05) is 11.1 Å². The Hall–Kier alpha value is -2.12. The third-order valence-electron chi connectivity index (χ3n) is 2.66. The molecule has 0 aliphatic heterocycles. The number of nitrogen functional groups attached to an aromatic ring is 1. The average molecular weight is 371 g/mol. The van der Waals surface area contributed by atoms with E-state index in [0.29, 0.717) is 16.9 Å². The molecular formula is C13H9BrClN3O3. The van der Waals surface area contributed by atoms with Crippen molar-refractivity contribution in [3.8, 4) is 0 Å². The number of hydrogen-bond acceptors (Lipinski definition) is 4. The van der Waals surface area contributed by atoms with Gasteiger partial charge < -0.3 is 11.1 Å². The van der Waals surface area contributed by atoms with E-state index in [9.17, 15) is 14.9 Å². The molecule has 0 saturated carbocycles. The molecule has 0 radical (unpaired) electrons. The SMILES string of the molecule is Nc1cc(Br)ccc1C(=O)Nc1ccc([N+](=O)[O-])c(Cl)c1. The van der Waals surface area contributed by atoms with E-state index in [2.05, 4.69) is 21.2 Å². The van der Waals surface area contributed by atoms with Gasteiger partial charge in [-0.05, 0) is 30.3 Å². The molecule has 0 aliphatic carbocycles. The van der Waals surface area contributed by atoms with Crippen LogP contribution >= 0.6 is 27.5 Å². The molecule has 0 unspecified atom stereocenters. The first-order valence-corrected chi connectivity index (χ1v) is 6.86. The second-order valence-corrected chi connectivity index (χ2v) is 5.43. The number of halogens is 2. The third-order valence-corrected chi connectivity index (χ3v) is 3.46. The molecule has 0 bridgehead atoms. The molecule has 0 fully saturated rings. The number of nitrogens with zero attached hydrogens (tertiary/aromatic N) is 1. The second kappa shape index (κ2) is 6.11. The number of nitro groups is 1. The Bertz CT molecular complexity index is 737. The standard InChI is InChI=1S/C13H9BrClN3O3/c14-7-1-3-9(11(16)5-7)13(19)17-8-2-4-12(18(20)21)10(15)6-8/h1-6H,16H2,(H,17,19). The summed E-state index contributed by atoms with van der Waals surface area (Å²) in [5.41, 5.74) is 6.50. The van der Waals surface area contributed by atoms with Gasteiger partial charge in [0, 0.05) is 21.9 Å². The van der Waals surface area contributed by atoms with Crippen LogP contribution in [-0.2, 0) is 0 Å². The van der Waals surface area contributed by atoms with E-state index in [1.54, 1.807) is 18.2 Å². The van der Waals surface area contributed by atoms with Gasteiger partial charge in [0.25, 0.3) is 11.6 Å². The molecule has 0 saturated heterocycles. The number of nitrogens with one attached hydrogen (secondary N) is 1. The topological polar surface area (TPSA) is 98.3 Å². The first kappa shape index (κ1) is 15.3. The van der Waals surface area contributed by atoms with Crippen molar-refractivity contribution >= 4 is 50.5 Å². The highest BCUT2D eigenvalue weighted by Gasteiger charge is 2.14. The molecule has 8 heteroatoms. The number of benzene rings is 2. The fraction of sp³-hybridized carbons (Fsp3) is 0. The highest BCUT2D eigenvalue weighted by Crippen LogP contribution is 2.28. The number of rotatable bonds is 3. The molecule has 2 aromatic rings. The lowest BCUT2D eigenvalue weighted by atomic mass is 10.1. The normalized spacial score (nSPS) is 10.2. The number of nitro benzene ring substituents is 1. The van der Waals surface area contributed by atoms with Gasteiger partial charge in [-0.25, -0.2) is 0 Å². The molecular weight excluding hydrogens is 362 g/mol. The molecule has 0 spiro atoms. The highest BCUT2D eigenvalue weighted by molar-refractivity contribution is 9.10. The summed E-state index contributed by atoms with van der Waals surface area (Å²) in [6, 6.07) is 8.81. The van der Waals surface area contributed by atoms with Crippen LogP contribution in [-0.4, -0.2) is 10.8 Å². The van der Waals surface area contributed by atoms with Gasteiger partial charge in [0.05, 0.1) is 10.5 Å². The Balaban J connectivity index is 2.23. The zero-order valence-electron chi connectivity index (χ0n) is 10.5. The van der Waals surface area contributed by atoms with Crippen LogP contribution in [0.3, 0.4) is 0 Å². The molecule has 21 heavy (non-hydrogen) atoms. The van der Waals surface area contributed by atoms with Crippen LogP contribution in [0.2, 0.25) is 5.02 Å². The molecule has 1 amide bonds. The van der Waals surface area contributed by atoms with Gasteiger partial charge >= 0.3 is 0 Å². The van der Waals surface area contributed by atoms with E-state index in [1.807, 2.05) is 0 Å². The van der Waals surface area contributed by atoms with Crippen LogP contribution in [0.25, 0.3) is 0 Å². The Kier molecular flexibility index (Phi) is 4.44. The number of anilines is 2. The van der Waals surface area contributed by atoms with Crippen molar-refractivity contribution in [3.05, 3.63) is 61.6 Å². The van der Waals surface area contributed by atoms with E-state index in [-0.39, 0.29) is 10.7 Å². The predicted molar refractivity (Wildman–Crippen MR) is 84.6 cm³/mol. The fourth-order valence-electron chi connectivity index (χ4n) is 1.67. The number of hydrogen-bond donors (Lipinski definition) is 2. The van der Waals surface area contributed by atoms with Gasteiger partial charge in [0.2, 0.25) is 0 Å². The fourth-order valence-corrected chi connectivity index (χ4v) is 2.30. The van der Waals surface area contributed by atoms with E-state index in [0.717, 1.165) is 4.47 Å². The van der Waals surface area contributed by atoms with E-state index < -0.39 is 10.8 Å². The lowest BCUT2D eigenvalue weighted by molar-refractivity contribution is -0.384. The van der Waals surface area contributed by atoms with Gasteiger partial charge in [-0.15, -0.1) is 0 Å². The molecule has 2 rings (SSSR count). The van der Waals surface area contributed by atoms with Crippen molar-refractivity contribution in [3.63, 3.8) is 0 Å². The molecule has 0 aromatic heterocycles. The van der Waals surface area contributed by atoms with Gasteiger partial charge in [0.15, 0.2) is 0 Å². The maximum absolute atomic E-state index is 12.1. The Morgan fingerprint density at radius 1 is 1.29 bits per heavy atom. The lowest BCUT2D eigenvalue weighted by Gasteiger charge is -2.08. The summed E-state index contributed by atoms with van der Waals surface area (Å²) in [4.78, 5) is 22.2. The van der Waals surface area contributed by atoms with Crippen molar-refractivity contribution in [2.24, 2.45) is 0 Å². The molecule has 2 aromatic carbocycles. The van der Waals surface area contributed by atoms with E-state index >= 15 is 0 Å². The van der Waals surface area contributed by atoms with Gasteiger partial charge in [0.1, 0.15) is 5.02 Å². The Morgan fingerprint density at radius 3 is 2.57 bits per heavy atom. The van der Waals surface area contributed by atoms with Crippen molar-refractivity contribution < 1.29 is 9.72 Å². The van der Waals surface area contributed by atoms with Crippen LogP contribution in [0.4, 0.5) is 17.1 Å². The summed E-state index contributed by atoms with van der Waals surface area (Å²) in [6.07, 6.45) is 0. The number of amides is 1. The first-order chi connectivity index (χ1) is 9.88. The van der Waals surface area contributed by atoms with Crippen LogP contribution in [0.1, 0.15) is 10.4 Å². The van der Waals surface area contributed by atoms with E-state index in [1.165, 1.54) is 18.2 Å². The molecule has 0 aliphatic rings. The van der Waals surface area contributed by atoms with E-state index in [4.69, 9.17) is 17.3 Å². The smallest absolute Gasteiger partial charge is 0.288 e. The minimum absolute atomic E-state index is 0.0541. The van der Waals surface area contributed by atoms with Crippen LogP contribution in [0.5, 0.6) is 0 Å². The number of nitrogens with two attached hydrogens (primary N) is 1. The maximum Gasteiger partial charge on any atom is 0.288 e. The van der Waals surface area contributed by atoms with Gasteiger partial charge in [-0.3, -0.25) is 14.9 Å². The first-order valence-electron chi connectivity index (χ1n) is 5.69. The maximum atomic E-state index is 12.1. The summed E-state index contributed by atoms with van der Waals surface area (Å²) in [6.45, 7) is 0. The summed E-state index contributed by atoms with van der Waals surface area (Å²) in [5, 5.41) is 13.2. The Morgan fingerprint density at radius 2 is 2.00 bits per heavy atom.